The summed E-state index contributed by atoms with van der Waals surface area (Å²) < 4.78 is 0. The first-order valence-electron chi connectivity index (χ1n) is 9.71. The number of pyridine rings is 2. The van der Waals surface area contributed by atoms with E-state index in [0.29, 0.717) is 22.0 Å². The van der Waals surface area contributed by atoms with Crippen LogP contribution in [0.15, 0.2) is 54.7 Å². The topological polar surface area (TPSA) is 61.4 Å². The predicted molar refractivity (Wildman–Crippen MR) is 123 cm³/mol. The average Bonchev–Trinajstić information content (AvgIpc) is 2.73. The van der Waals surface area contributed by atoms with Crippen LogP contribution in [0.5, 0.6) is 0 Å². The highest BCUT2D eigenvalue weighted by Gasteiger charge is 2.14. The van der Waals surface area contributed by atoms with Crippen LogP contribution in [0.25, 0.3) is 11.3 Å². The molecule has 0 aliphatic heterocycles. The minimum atomic E-state index is -0.211. The highest BCUT2D eigenvalue weighted by atomic mass is 35.5. The molecule has 156 valence electrons. The van der Waals surface area contributed by atoms with Crippen molar-refractivity contribution < 1.29 is 4.79 Å². The minimum Gasteiger partial charge on any atom is -0.358 e. The van der Waals surface area contributed by atoms with Gasteiger partial charge in [0.1, 0.15) is 5.82 Å². The van der Waals surface area contributed by atoms with Crippen LogP contribution in [0.4, 0.5) is 11.5 Å². The molecule has 0 fully saturated rings. The number of nitrogens with one attached hydrogen (secondary N) is 1. The Kier molecular flexibility index (Phi) is 7.03. The van der Waals surface area contributed by atoms with E-state index in [1.165, 1.54) is 0 Å². The van der Waals surface area contributed by atoms with Crippen molar-refractivity contribution in [2.75, 3.05) is 44.4 Å². The fourth-order valence-corrected chi connectivity index (χ4v) is 3.20. The van der Waals surface area contributed by atoms with Gasteiger partial charge in [-0.05, 0) is 63.5 Å². The fraction of sp³-hybridized carbons (Fsp3) is 0.261. The molecule has 0 bridgehead atoms. The Bertz CT molecular complexity index is 1020. The van der Waals surface area contributed by atoms with Gasteiger partial charge in [0.15, 0.2) is 0 Å². The highest BCUT2D eigenvalue weighted by molar-refractivity contribution is 6.33. The van der Waals surface area contributed by atoms with Crippen LogP contribution in [0.1, 0.15) is 16.1 Å². The number of aryl methyl sites for hydroxylation is 1. The van der Waals surface area contributed by atoms with Gasteiger partial charge in [0.2, 0.25) is 0 Å². The quantitative estimate of drug-likeness (QED) is 0.612. The van der Waals surface area contributed by atoms with Gasteiger partial charge in [-0.2, -0.15) is 0 Å². The number of halogens is 1. The highest BCUT2D eigenvalue weighted by Crippen LogP contribution is 2.29. The lowest BCUT2D eigenvalue weighted by Gasteiger charge is -2.21. The number of carbonyl (C=O) groups is 1. The van der Waals surface area contributed by atoms with Gasteiger partial charge in [-0.3, -0.25) is 9.78 Å². The van der Waals surface area contributed by atoms with Crippen molar-refractivity contribution in [1.29, 1.82) is 0 Å². The number of hydrogen-bond acceptors (Lipinski definition) is 5. The molecule has 2 heterocycles. The summed E-state index contributed by atoms with van der Waals surface area (Å²) in [4.78, 5) is 26.0. The third-order valence-electron chi connectivity index (χ3n) is 4.75. The minimum absolute atomic E-state index is 0.211. The molecular formula is C23H26ClN5O. The number of hydrogen-bond donors (Lipinski definition) is 1. The number of benzene rings is 1. The molecule has 30 heavy (non-hydrogen) atoms. The van der Waals surface area contributed by atoms with Crippen LogP contribution in [0, 0.1) is 6.92 Å². The molecule has 0 atom stereocenters. The van der Waals surface area contributed by atoms with Crippen molar-refractivity contribution in [1.82, 2.24) is 14.9 Å². The fourth-order valence-electron chi connectivity index (χ4n) is 2.98. The second-order valence-corrected chi connectivity index (χ2v) is 7.80. The number of aromatic nitrogens is 2. The Hall–Kier alpha value is -2.96. The normalized spacial score (nSPS) is 10.9. The van der Waals surface area contributed by atoms with Gasteiger partial charge in [-0.15, -0.1) is 0 Å². The van der Waals surface area contributed by atoms with Gasteiger partial charge < -0.3 is 15.1 Å². The SMILES string of the molecule is Cc1nc(N(C)CCN(C)C)ccc1C(=O)Nc1ccc(Cl)c(-c2ccccn2)c1. The Morgan fingerprint density at radius 1 is 1.07 bits per heavy atom. The van der Waals surface area contributed by atoms with E-state index in [2.05, 4.69) is 25.1 Å². The van der Waals surface area contributed by atoms with Crippen LogP contribution >= 0.6 is 11.6 Å². The molecule has 7 heteroatoms. The maximum atomic E-state index is 12.8. The first-order chi connectivity index (χ1) is 14.3. The zero-order chi connectivity index (χ0) is 21.7. The van der Waals surface area contributed by atoms with E-state index in [4.69, 9.17) is 11.6 Å². The van der Waals surface area contributed by atoms with Crippen molar-refractivity contribution in [2.24, 2.45) is 0 Å². The van der Waals surface area contributed by atoms with Crippen LogP contribution in [0.2, 0.25) is 5.02 Å². The zero-order valence-corrected chi connectivity index (χ0v) is 18.4. The predicted octanol–water partition coefficient (Wildman–Crippen LogP) is 4.36. The Morgan fingerprint density at radius 2 is 1.87 bits per heavy atom. The molecule has 0 aliphatic rings. The van der Waals surface area contributed by atoms with Crippen molar-refractivity contribution in [3.8, 4) is 11.3 Å². The monoisotopic (exact) mass is 423 g/mol. The van der Waals surface area contributed by atoms with Gasteiger partial charge in [-0.25, -0.2) is 4.98 Å². The van der Waals surface area contributed by atoms with E-state index in [0.717, 1.165) is 30.2 Å². The zero-order valence-electron chi connectivity index (χ0n) is 17.7. The molecule has 3 aromatic rings. The number of carbonyl (C=O) groups excluding carboxylic acids is 1. The third kappa shape index (κ3) is 5.34. The lowest BCUT2D eigenvalue weighted by molar-refractivity contribution is 0.102. The van der Waals surface area contributed by atoms with Gasteiger partial charge in [-0.1, -0.05) is 17.7 Å². The molecule has 1 amide bonds. The van der Waals surface area contributed by atoms with Crippen LogP contribution in [0.3, 0.4) is 0 Å². The maximum Gasteiger partial charge on any atom is 0.257 e. The lowest BCUT2D eigenvalue weighted by atomic mass is 10.1. The molecule has 1 aromatic carbocycles. The van der Waals surface area contributed by atoms with Gasteiger partial charge in [0.05, 0.1) is 22.0 Å². The summed E-state index contributed by atoms with van der Waals surface area (Å²) in [7, 11) is 6.07. The van der Waals surface area contributed by atoms with Gasteiger partial charge in [0, 0.05) is 37.6 Å². The van der Waals surface area contributed by atoms with E-state index in [-0.39, 0.29) is 5.91 Å². The summed E-state index contributed by atoms with van der Waals surface area (Å²) in [6.07, 6.45) is 1.71. The van der Waals surface area contributed by atoms with Crippen LogP contribution < -0.4 is 10.2 Å². The number of anilines is 2. The molecule has 0 aliphatic carbocycles. The van der Waals surface area contributed by atoms with Crippen LogP contribution in [-0.2, 0) is 0 Å². The Balaban J connectivity index is 1.76. The molecule has 0 saturated heterocycles. The van der Waals surface area contributed by atoms with E-state index in [1.807, 2.05) is 64.5 Å². The van der Waals surface area contributed by atoms with Gasteiger partial charge >= 0.3 is 0 Å². The summed E-state index contributed by atoms with van der Waals surface area (Å²) in [5.41, 5.74) is 3.38. The second-order valence-electron chi connectivity index (χ2n) is 7.39. The lowest BCUT2D eigenvalue weighted by Crippen LogP contribution is -2.29. The van der Waals surface area contributed by atoms with Gasteiger partial charge in [0.25, 0.3) is 5.91 Å². The third-order valence-corrected chi connectivity index (χ3v) is 5.08. The smallest absolute Gasteiger partial charge is 0.257 e. The molecule has 0 radical (unpaired) electrons. The molecule has 0 saturated carbocycles. The summed E-state index contributed by atoms with van der Waals surface area (Å²) in [6.45, 7) is 3.63. The summed E-state index contributed by atoms with van der Waals surface area (Å²) in [5, 5.41) is 3.52. The molecule has 2 aromatic heterocycles. The molecular weight excluding hydrogens is 398 g/mol. The first kappa shape index (κ1) is 21.7. The summed E-state index contributed by atoms with van der Waals surface area (Å²) >= 11 is 6.33. The van der Waals surface area contributed by atoms with Crippen molar-refractivity contribution in [2.45, 2.75) is 6.92 Å². The summed E-state index contributed by atoms with van der Waals surface area (Å²) in [5.74, 6) is 0.631. The van der Waals surface area contributed by atoms with E-state index < -0.39 is 0 Å². The molecule has 1 N–H and O–H groups in total. The van der Waals surface area contributed by atoms with Crippen molar-refractivity contribution in [3.63, 3.8) is 0 Å². The van der Waals surface area contributed by atoms with Crippen molar-refractivity contribution in [3.05, 3.63) is 71.0 Å². The van der Waals surface area contributed by atoms with E-state index in [1.54, 1.807) is 18.3 Å². The van der Waals surface area contributed by atoms with Crippen molar-refractivity contribution >= 4 is 29.0 Å². The molecule has 0 unspecified atom stereocenters. The number of amides is 1. The maximum absolute atomic E-state index is 12.8. The number of nitrogens with zero attached hydrogens (tertiary/aromatic N) is 4. The number of likely N-dealkylation sites (N-methyl/N-ethyl adjacent to an activating group) is 2. The Morgan fingerprint density at radius 3 is 2.53 bits per heavy atom. The largest absolute Gasteiger partial charge is 0.358 e. The number of rotatable bonds is 7. The standard InChI is InChI=1S/C23H26ClN5O/c1-16-18(9-11-22(26-16)29(4)14-13-28(2)3)23(30)27-17-8-10-20(24)19(15-17)21-7-5-6-12-25-21/h5-12,15H,13-14H2,1-4H3,(H,27,30). The first-order valence-corrected chi connectivity index (χ1v) is 10.1. The molecule has 3 rings (SSSR count). The van der Waals surface area contributed by atoms with E-state index in [9.17, 15) is 4.79 Å². The second kappa shape index (κ2) is 9.69. The molecule has 0 spiro atoms. The molecule has 6 nitrogen and oxygen atoms in total. The Labute approximate surface area is 182 Å². The summed E-state index contributed by atoms with van der Waals surface area (Å²) in [6, 6.07) is 14.7. The van der Waals surface area contributed by atoms with Crippen LogP contribution in [-0.4, -0.2) is 55.0 Å². The average molecular weight is 424 g/mol. The van der Waals surface area contributed by atoms with E-state index >= 15 is 0 Å².